The van der Waals surface area contributed by atoms with Crippen molar-refractivity contribution in [2.24, 2.45) is 0 Å². The number of methoxy groups -OCH3 is 1. The molecule has 0 spiro atoms. The largest absolute Gasteiger partial charge is 0.494 e. The van der Waals surface area contributed by atoms with Crippen LogP contribution in [0, 0.1) is 6.92 Å². The summed E-state index contributed by atoms with van der Waals surface area (Å²) in [5, 5.41) is 0.692. The van der Waals surface area contributed by atoms with Gasteiger partial charge in [-0.1, -0.05) is 35.1 Å². The summed E-state index contributed by atoms with van der Waals surface area (Å²) < 4.78 is 6.46. The lowest BCUT2D eigenvalue weighted by Crippen LogP contribution is -2.30. The molecule has 0 aliphatic carbocycles. The van der Waals surface area contributed by atoms with Crippen molar-refractivity contribution >= 4 is 44.4 Å². The van der Waals surface area contributed by atoms with Crippen molar-refractivity contribution in [3.05, 3.63) is 78.1 Å². The lowest BCUT2D eigenvalue weighted by atomic mass is 10.2. The maximum Gasteiger partial charge on any atom is 0.229 e. The fourth-order valence-corrected chi connectivity index (χ4v) is 5.16. The molecule has 0 saturated carbocycles. The fourth-order valence-electron chi connectivity index (χ4n) is 3.31. The first-order valence-corrected chi connectivity index (χ1v) is 12.3. The Morgan fingerprint density at radius 2 is 1.88 bits per heavy atom. The number of hydrogen-bond donors (Lipinski definition) is 0. The molecular formula is C25H25N3O2S2. The molecule has 0 N–H and O–H groups in total. The topological polar surface area (TPSA) is 55.3 Å². The van der Waals surface area contributed by atoms with Gasteiger partial charge in [0, 0.05) is 23.7 Å². The van der Waals surface area contributed by atoms with Crippen LogP contribution in [-0.4, -0.2) is 28.7 Å². The minimum atomic E-state index is 0.0735. The van der Waals surface area contributed by atoms with Gasteiger partial charge in [-0.2, -0.15) is 0 Å². The smallest absolute Gasteiger partial charge is 0.229 e. The highest BCUT2D eigenvalue weighted by molar-refractivity contribution is 7.99. The number of aromatic nitrogens is 2. The van der Waals surface area contributed by atoms with Gasteiger partial charge in [0.05, 0.1) is 18.4 Å². The Hall–Kier alpha value is -2.90. The first kappa shape index (κ1) is 22.3. The Morgan fingerprint density at radius 3 is 2.62 bits per heavy atom. The van der Waals surface area contributed by atoms with E-state index < -0.39 is 0 Å². The molecular weight excluding hydrogens is 438 g/mol. The standard InChI is InChI=1S/C25H25N3O2S2/c1-18-8-10-20(11-9-18)31-16-4-7-23(29)28(17-19-12-14-26-15-13-19)25-27-24-21(30-2)5-3-6-22(24)32-25/h3,5-6,8-15H,4,7,16-17H2,1-2H3. The zero-order chi connectivity index (χ0) is 22.3. The Balaban J connectivity index is 1.48. The number of thiazole rings is 1. The van der Waals surface area contributed by atoms with Crippen LogP contribution in [0.3, 0.4) is 0 Å². The van der Waals surface area contributed by atoms with E-state index in [0.29, 0.717) is 18.1 Å². The summed E-state index contributed by atoms with van der Waals surface area (Å²) in [5.41, 5.74) is 3.06. The Morgan fingerprint density at radius 1 is 1.09 bits per heavy atom. The van der Waals surface area contributed by atoms with Gasteiger partial charge < -0.3 is 4.74 Å². The molecule has 4 aromatic rings. The van der Waals surface area contributed by atoms with Gasteiger partial charge in [-0.25, -0.2) is 4.98 Å². The first-order valence-electron chi connectivity index (χ1n) is 10.5. The van der Waals surface area contributed by atoms with E-state index in [1.54, 1.807) is 36.2 Å². The number of aryl methyl sites for hydroxylation is 1. The number of hydrogen-bond acceptors (Lipinski definition) is 6. The molecule has 2 aromatic carbocycles. The number of rotatable bonds is 9. The molecule has 7 heteroatoms. The van der Waals surface area contributed by atoms with E-state index in [-0.39, 0.29) is 5.91 Å². The number of carbonyl (C=O) groups excluding carboxylic acids is 1. The van der Waals surface area contributed by atoms with Crippen LogP contribution >= 0.6 is 23.1 Å². The molecule has 0 aliphatic heterocycles. The van der Waals surface area contributed by atoms with Crippen LogP contribution in [0.5, 0.6) is 5.75 Å². The van der Waals surface area contributed by atoms with Crippen LogP contribution in [-0.2, 0) is 11.3 Å². The molecule has 0 aliphatic rings. The second kappa shape index (κ2) is 10.6. The maximum absolute atomic E-state index is 13.3. The van der Waals surface area contributed by atoms with E-state index >= 15 is 0 Å². The van der Waals surface area contributed by atoms with Crippen molar-refractivity contribution in [1.82, 2.24) is 9.97 Å². The van der Waals surface area contributed by atoms with Crippen LogP contribution in [0.15, 0.2) is 71.9 Å². The van der Waals surface area contributed by atoms with E-state index in [0.717, 1.165) is 33.7 Å². The van der Waals surface area contributed by atoms with Crippen molar-refractivity contribution in [3.8, 4) is 5.75 Å². The van der Waals surface area contributed by atoms with E-state index in [2.05, 4.69) is 36.2 Å². The van der Waals surface area contributed by atoms with Crippen molar-refractivity contribution in [2.45, 2.75) is 31.2 Å². The Bertz CT molecular complexity index is 1180. The third-order valence-electron chi connectivity index (χ3n) is 5.04. The van der Waals surface area contributed by atoms with E-state index in [9.17, 15) is 4.79 Å². The molecule has 0 saturated heterocycles. The molecule has 4 rings (SSSR count). The summed E-state index contributed by atoms with van der Waals surface area (Å²) in [4.78, 5) is 25.1. The summed E-state index contributed by atoms with van der Waals surface area (Å²) >= 11 is 3.30. The molecule has 0 unspecified atom stereocenters. The monoisotopic (exact) mass is 463 g/mol. The SMILES string of the molecule is COc1cccc2sc(N(Cc3ccncc3)C(=O)CCCSc3ccc(C)cc3)nc12. The van der Waals surface area contributed by atoms with Gasteiger partial charge in [-0.15, -0.1) is 11.8 Å². The van der Waals surface area contributed by atoms with Gasteiger partial charge in [0.1, 0.15) is 11.3 Å². The highest BCUT2D eigenvalue weighted by Crippen LogP contribution is 2.35. The van der Waals surface area contributed by atoms with Crippen LogP contribution < -0.4 is 9.64 Å². The van der Waals surface area contributed by atoms with Crippen molar-refractivity contribution in [1.29, 1.82) is 0 Å². The second-order valence-electron chi connectivity index (χ2n) is 7.40. The van der Waals surface area contributed by atoms with Gasteiger partial charge in [0.25, 0.3) is 0 Å². The number of benzene rings is 2. The zero-order valence-corrected chi connectivity index (χ0v) is 19.8. The predicted octanol–water partition coefficient (Wildman–Crippen LogP) is 6.11. The maximum atomic E-state index is 13.3. The summed E-state index contributed by atoms with van der Waals surface area (Å²) in [5.74, 6) is 1.69. The van der Waals surface area contributed by atoms with E-state index in [1.165, 1.54) is 21.8 Å². The second-order valence-corrected chi connectivity index (χ2v) is 9.58. The van der Waals surface area contributed by atoms with Gasteiger partial charge in [-0.05, 0) is 61.1 Å². The zero-order valence-electron chi connectivity index (χ0n) is 18.2. The van der Waals surface area contributed by atoms with Gasteiger partial charge in [0.2, 0.25) is 5.91 Å². The van der Waals surface area contributed by atoms with Gasteiger partial charge in [0.15, 0.2) is 5.13 Å². The number of carbonyl (C=O) groups is 1. The highest BCUT2D eigenvalue weighted by Gasteiger charge is 2.21. The van der Waals surface area contributed by atoms with Crippen molar-refractivity contribution in [3.63, 3.8) is 0 Å². The quantitative estimate of drug-likeness (QED) is 0.221. The van der Waals surface area contributed by atoms with Crippen LogP contribution in [0.25, 0.3) is 10.2 Å². The number of thioether (sulfide) groups is 1. The first-order chi connectivity index (χ1) is 15.6. The molecule has 2 aromatic heterocycles. The molecule has 0 bridgehead atoms. The van der Waals surface area contributed by atoms with Crippen molar-refractivity contribution in [2.75, 3.05) is 17.8 Å². The van der Waals surface area contributed by atoms with E-state index in [4.69, 9.17) is 9.72 Å². The number of ether oxygens (including phenoxy) is 1. The van der Waals surface area contributed by atoms with Crippen LogP contribution in [0.4, 0.5) is 5.13 Å². The summed E-state index contributed by atoms with van der Waals surface area (Å²) in [6.07, 6.45) is 4.77. The minimum Gasteiger partial charge on any atom is -0.494 e. The van der Waals surface area contributed by atoms with Crippen LogP contribution in [0.2, 0.25) is 0 Å². The summed E-state index contributed by atoms with van der Waals surface area (Å²) in [6.45, 7) is 2.55. The number of nitrogens with zero attached hydrogens (tertiary/aromatic N) is 3. The third-order valence-corrected chi connectivity index (χ3v) is 7.18. The number of fused-ring (bicyclic) bond motifs is 1. The fraction of sp³-hybridized carbons (Fsp3) is 0.240. The highest BCUT2D eigenvalue weighted by atomic mass is 32.2. The van der Waals surface area contributed by atoms with Crippen LogP contribution in [0.1, 0.15) is 24.0 Å². The molecule has 164 valence electrons. The Labute approximate surface area is 196 Å². The van der Waals surface area contributed by atoms with Crippen molar-refractivity contribution < 1.29 is 9.53 Å². The molecule has 5 nitrogen and oxygen atoms in total. The molecule has 1 amide bonds. The number of anilines is 1. The molecule has 0 radical (unpaired) electrons. The minimum absolute atomic E-state index is 0.0735. The summed E-state index contributed by atoms with van der Waals surface area (Å²) in [6, 6.07) is 18.2. The average molecular weight is 464 g/mol. The number of amides is 1. The molecule has 0 fully saturated rings. The molecule has 0 atom stereocenters. The molecule has 2 heterocycles. The van der Waals surface area contributed by atoms with Gasteiger partial charge in [-0.3, -0.25) is 14.7 Å². The third kappa shape index (κ3) is 5.47. The van der Waals surface area contributed by atoms with Gasteiger partial charge >= 0.3 is 0 Å². The number of para-hydroxylation sites is 1. The normalized spacial score (nSPS) is 10.9. The average Bonchev–Trinajstić information content (AvgIpc) is 3.26. The Kier molecular flexibility index (Phi) is 7.39. The number of pyridine rings is 1. The summed E-state index contributed by atoms with van der Waals surface area (Å²) in [7, 11) is 1.64. The lowest BCUT2D eigenvalue weighted by Gasteiger charge is -2.20. The lowest BCUT2D eigenvalue weighted by molar-refractivity contribution is -0.118. The van der Waals surface area contributed by atoms with E-state index in [1.807, 2.05) is 30.3 Å². The molecule has 32 heavy (non-hydrogen) atoms. The predicted molar refractivity (Wildman–Crippen MR) is 133 cm³/mol.